The van der Waals surface area contributed by atoms with E-state index >= 15 is 0 Å². The van der Waals surface area contributed by atoms with Gasteiger partial charge in [0.1, 0.15) is 0 Å². The van der Waals surface area contributed by atoms with Gasteiger partial charge in [-0.25, -0.2) is 13.4 Å². The molecule has 0 bridgehead atoms. The Hall–Kier alpha value is -1.27. The molecule has 19 heavy (non-hydrogen) atoms. The fourth-order valence-electron chi connectivity index (χ4n) is 2.59. The smallest absolute Gasteiger partial charge is 0.201 e. The highest BCUT2D eigenvalue weighted by Gasteiger charge is 2.28. The molecular weight excluding hydrogens is 286 g/mol. The van der Waals surface area contributed by atoms with E-state index in [1.807, 2.05) is 10.6 Å². The molecule has 0 amide bonds. The molecule has 2 heterocycles. The largest absolute Gasteiger partial charge is 0.369 e. The Labute approximate surface area is 116 Å². The lowest BCUT2D eigenvalue weighted by Gasteiger charge is -2.11. The number of nitrogens with zero attached hydrogens (tertiary/aromatic N) is 2. The number of sulfone groups is 1. The second-order valence-electron chi connectivity index (χ2n) is 4.98. The maximum Gasteiger partial charge on any atom is 0.201 e. The highest BCUT2D eigenvalue weighted by Crippen LogP contribution is 2.26. The predicted octanol–water partition coefficient (Wildman–Crippen LogP) is 1.71. The van der Waals surface area contributed by atoms with Crippen molar-refractivity contribution in [2.75, 3.05) is 17.2 Å². The quantitative estimate of drug-likeness (QED) is 0.915. The van der Waals surface area contributed by atoms with Gasteiger partial charge in [0.2, 0.25) is 5.95 Å². The topological polar surface area (TPSA) is 78.0 Å². The Balaban J connectivity index is 1.95. The SMILES string of the molecule is Nc1nc2cc(Cl)ccc2n1CC1CCS(=O)(=O)C1. The van der Waals surface area contributed by atoms with Crippen LogP contribution in [0.15, 0.2) is 18.2 Å². The number of halogens is 1. The van der Waals surface area contributed by atoms with Crippen LogP contribution in [0.4, 0.5) is 5.95 Å². The molecule has 1 fully saturated rings. The highest BCUT2D eigenvalue weighted by atomic mass is 35.5. The molecule has 1 saturated heterocycles. The van der Waals surface area contributed by atoms with E-state index in [-0.39, 0.29) is 17.4 Å². The number of nitrogens with two attached hydrogens (primary N) is 1. The molecule has 0 spiro atoms. The molecule has 2 N–H and O–H groups in total. The van der Waals surface area contributed by atoms with Crippen molar-refractivity contribution >= 4 is 38.4 Å². The number of nitrogen functional groups attached to an aromatic ring is 1. The van der Waals surface area contributed by atoms with Gasteiger partial charge in [-0.15, -0.1) is 0 Å². The highest BCUT2D eigenvalue weighted by molar-refractivity contribution is 7.91. The van der Waals surface area contributed by atoms with Gasteiger partial charge in [0.05, 0.1) is 22.5 Å². The summed E-state index contributed by atoms with van der Waals surface area (Å²) in [6, 6.07) is 5.41. The number of fused-ring (bicyclic) bond motifs is 1. The van der Waals surface area contributed by atoms with Crippen molar-refractivity contribution in [3.05, 3.63) is 23.2 Å². The first-order valence-corrected chi connectivity index (χ1v) is 8.26. The number of rotatable bonds is 2. The number of hydrogen-bond donors (Lipinski definition) is 1. The van der Waals surface area contributed by atoms with Crippen molar-refractivity contribution in [2.24, 2.45) is 5.92 Å². The van der Waals surface area contributed by atoms with Crippen LogP contribution < -0.4 is 5.73 Å². The van der Waals surface area contributed by atoms with Crippen LogP contribution in [0.25, 0.3) is 11.0 Å². The fraction of sp³-hybridized carbons (Fsp3) is 0.417. The molecule has 3 rings (SSSR count). The Morgan fingerprint density at radius 2 is 2.26 bits per heavy atom. The van der Waals surface area contributed by atoms with Gasteiger partial charge in [-0.05, 0) is 30.5 Å². The van der Waals surface area contributed by atoms with Gasteiger partial charge in [-0.1, -0.05) is 11.6 Å². The van der Waals surface area contributed by atoms with Gasteiger partial charge in [-0.2, -0.15) is 0 Å². The van der Waals surface area contributed by atoms with Gasteiger partial charge in [-0.3, -0.25) is 0 Å². The minimum Gasteiger partial charge on any atom is -0.369 e. The third-order valence-electron chi connectivity index (χ3n) is 3.51. The molecule has 1 aliphatic rings. The van der Waals surface area contributed by atoms with E-state index in [1.165, 1.54) is 0 Å². The van der Waals surface area contributed by atoms with E-state index in [1.54, 1.807) is 12.1 Å². The van der Waals surface area contributed by atoms with Gasteiger partial charge in [0.15, 0.2) is 9.84 Å². The summed E-state index contributed by atoms with van der Waals surface area (Å²) in [4.78, 5) is 4.26. The van der Waals surface area contributed by atoms with Crippen molar-refractivity contribution in [1.29, 1.82) is 0 Å². The lowest BCUT2D eigenvalue weighted by Crippen LogP contribution is -2.14. The van der Waals surface area contributed by atoms with E-state index in [9.17, 15) is 8.42 Å². The molecule has 0 aliphatic carbocycles. The second-order valence-corrected chi connectivity index (χ2v) is 7.65. The molecule has 1 unspecified atom stereocenters. The molecule has 1 aromatic carbocycles. The van der Waals surface area contributed by atoms with Crippen LogP contribution in [0.3, 0.4) is 0 Å². The average molecular weight is 300 g/mol. The van der Waals surface area contributed by atoms with Crippen molar-refractivity contribution in [3.8, 4) is 0 Å². The summed E-state index contributed by atoms with van der Waals surface area (Å²) in [5, 5.41) is 0.612. The lowest BCUT2D eigenvalue weighted by atomic mass is 10.1. The third kappa shape index (κ3) is 2.42. The fourth-order valence-corrected chi connectivity index (χ4v) is 4.60. The van der Waals surface area contributed by atoms with Crippen LogP contribution in [-0.4, -0.2) is 29.5 Å². The maximum atomic E-state index is 11.5. The second kappa shape index (κ2) is 4.38. The predicted molar refractivity (Wildman–Crippen MR) is 75.9 cm³/mol. The minimum atomic E-state index is -2.87. The molecule has 7 heteroatoms. The number of hydrogen-bond acceptors (Lipinski definition) is 4. The molecular formula is C12H14ClN3O2S. The first kappa shape index (κ1) is 12.7. The van der Waals surface area contributed by atoms with Gasteiger partial charge in [0, 0.05) is 11.6 Å². The van der Waals surface area contributed by atoms with Gasteiger partial charge in [0.25, 0.3) is 0 Å². The summed E-state index contributed by atoms with van der Waals surface area (Å²) in [6.45, 7) is 0.587. The van der Waals surface area contributed by atoms with E-state index in [4.69, 9.17) is 17.3 Å². The standard InChI is InChI=1S/C12H14ClN3O2S/c13-9-1-2-11-10(5-9)15-12(14)16(11)6-8-3-4-19(17,18)7-8/h1-2,5,8H,3-4,6-7H2,(H2,14,15). The number of aromatic nitrogens is 2. The molecule has 1 aliphatic heterocycles. The van der Waals surface area contributed by atoms with Crippen LogP contribution in [0.2, 0.25) is 5.02 Å². The zero-order chi connectivity index (χ0) is 13.6. The molecule has 2 aromatic rings. The van der Waals surface area contributed by atoms with Crippen molar-refractivity contribution in [2.45, 2.75) is 13.0 Å². The van der Waals surface area contributed by atoms with E-state index < -0.39 is 9.84 Å². The van der Waals surface area contributed by atoms with E-state index in [2.05, 4.69) is 4.98 Å². The number of benzene rings is 1. The van der Waals surface area contributed by atoms with Crippen LogP contribution in [0, 0.1) is 5.92 Å². The summed E-state index contributed by atoms with van der Waals surface area (Å²) in [5.74, 6) is 1.03. The minimum absolute atomic E-state index is 0.111. The first-order chi connectivity index (χ1) is 8.94. The number of anilines is 1. The zero-order valence-corrected chi connectivity index (χ0v) is 11.8. The summed E-state index contributed by atoms with van der Waals surface area (Å²) >= 11 is 5.92. The Morgan fingerprint density at radius 1 is 1.47 bits per heavy atom. The molecule has 1 aromatic heterocycles. The summed E-state index contributed by atoms with van der Waals surface area (Å²) < 4.78 is 24.9. The van der Waals surface area contributed by atoms with Crippen LogP contribution >= 0.6 is 11.6 Å². The van der Waals surface area contributed by atoms with Crippen LogP contribution in [0.5, 0.6) is 0 Å². The Morgan fingerprint density at radius 3 is 2.95 bits per heavy atom. The summed E-state index contributed by atoms with van der Waals surface area (Å²) in [5.41, 5.74) is 7.54. The molecule has 0 saturated carbocycles. The number of imidazole rings is 1. The Kier molecular flexibility index (Phi) is 2.94. The Bertz CT molecular complexity index is 739. The normalized spacial score (nSPS) is 22.1. The molecule has 5 nitrogen and oxygen atoms in total. The van der Waals surface area contributed by atoms with Gasteiger partial charge >= 0.3 is 0 Å². The zero-order valence-electron chi connectivity index (χ0n) is 10.2. The van der Waals surface area contributed by atoms with Crippen LogP contribution in [0.1, 0.15) is 6.42 Å². The van der Waals surface area contributed by atoms with Gasteiger partial charge < -0.3 is 10.3 Å². The molecule has 102 valence electrons. The summed E-state index contributed by atoms with van der Waals surface area (Å²) in [7, 11) is -2.87. The van der Waals surface area contributed by atoms with Crippen molar-refractivity contribution < 1.29 is 8.42 Å². The van der Waals surface area contributed by atoms with Crippen molar-refractivity contribution in [3.63, 3.8) is 0 Å². The maximum absolute atomic E-state index is 11.5. The first-order valence-electron chi connectivity index (χ1n) is 6.06. The monoisotopic (exact) mass is 299 g/mol. The summed E-state index contributed by atoms with van der Waals surface area (Å²) in [6.07, 6.45) is 0.690. The van der Waals surface area contributed by atoms with Crippen LogP contribution in [-0.2, 0) is 16.4 Å². The molecule has 0 radical (unpaired) electrons. The van der Waals surface area contributed by atoms with Crippen molar-refractivity contribution in [1.82, 2.24) is 9.55 Å². The lowest BCUT2D eigenvalue weighted by molar-refractivity contribution is 0.503. The molecule has 1 atom stereocenters. The van der Waals surface area contributed by atoms with E-state index in [0.29, 0.717) is 23.9 Å². The third-order valence-corrected chi connectivity index (χ3v) is 5.58. The van der Waals surface area contributed by atoms with E-state index in [0.717, 1.165) is 11.0 Å². The average Bonchev–Trinajstić information content (AvgIpc) is 2.80.